The van der Waals surface area contributed by atoms with Gasteiger partial charge in [0.05, 0.1) is 47.2 Å². The van der Waals surface area contributed by atoms with Crippen LogP contribution in [0.4, 0.5) is 0 Å². The molecule has 0 atom stereocenters. The van der Waals surface area contributed by atoms with Gasteiger partial charge in [-0.3, -0.25) is 0 Å². The van der Waals surface area contributed by atoms with Crippen molar-refractivity contribution >= 4 is 97.4 Å². The lowest BCUT2D eigenvalue weighted by Gasteiger charge is -2.14. The Hall–Kier alpha value is -6.96. The largest absolute Gasteiger partial charge is 0.308 e. The van der Waals surface area contributed by atoms with Gasteiger partial charge in [-0.05, 0) is 71.3 Å². The van der Waals surface area contributed by atoms with Crippen LogP contribution in [-0.2, 0) is 0 Å². The van der Waals surface area contributed by atoms with Gasteiger partial charge in [-0.25, -0.2) is 0 Å². The number of hydrogen-bond donors (Lipinski definition) is 0. The summed E-state index contributed by atoms with van der Waals surface area (Å²) in [4.78, 5) is 3.79. The van der Waals surface area contributed by atoms with Crippen molar-refractivity contribution < 1.29 is 0 Å². The number of nitrogens with zero attached hydrogens (tertiary/aromatic N) is 3. The molecule has 0 unspecified atom stereocenters. The zero-order chi connectivity index (χ0) is 39.3. The second-order valence-electron chi connectivity index (χ2n) is 15.3. The van der Waals surface area contributed by atoms with Crippen LogP contribution in [0.5, 0.6) is 0 Å². The van der Waals surface area contributed by atoms with Crippen molar-refractivity contribution in [1.29, 1.82) is 0 Å². The molecule has 0 saturated heterocycles. The molecule has 6 aromatic heterocycles. The monoisotopic (exact) mass is 819 g/mol. The van der Waals surface area contributed by atoms with Crippen LogP contribution in [0.15, 0.2) is 200 Å². The molecule has 7 aromatic carbocycles. The molecule has 6 heteroatoms. The molecule has 60 heavy (non-hydrogen) atoms. The van der Waals surface area contributed by atoms with Crippen molar-refractivity contribution in [1.82, 2.24) is 13.7 Å². The van der Waals surface area contributed by atoms with E-state index in [0.29, 0.717) is 0 Å². The molecule has 0 aliphatic heterocycles. The predicted octanol–water partition coefficient (Wildman–Crippen LogP) is 16.2. The van der Waals surface area contributed by atoms with Crippen molar-refractivity contribution in [2.75, 3.05) is 0 Å². The van der Waals surface area contributed by atoms with Gasteiger partial charge in [0, 0.05) is 47.9 Å². The second kappa shape index (κ2) is 13.3. The van der Waals surface area contributed by atoms with Gasteiger partial charge in [-0.15, -0.1) is 34.0 Å². The number of benzene rings is 7. The highest BCUT2D eigenvalue weighted by molar-refractivity contribution is 7.25. The van der Waals surface area contributed by atoms with Crippen LogP contribution in [0.25, 0.3) is 112 Å². The molecule has 0 spiro atoms. The van der Waals surface area contributed by atoms with E-state index in [4.69, 9.17) is 0 Å². The summed E-state index contributed by atoms with van der Waals surface area (Å²) < 4.78 is 11.6. The fraction of sp³-hybridized carbons (Fsp3) is 0. The van der Waals surface area contributed by atoms with Gasteiger partial charge in [0.1, 0.15) is 0 Å². The molecule has 0 N–H and O–H groups in total. The Balaban J connectivity index is 1.33. The molecule has 0 saturated carbocycles. The molecular formula is C54H33N3S3. The summed E-state index contributed by atoms with van der Waals surface area (Å²) in [5.41, 5.74) is 14.6. The normalized spacial score (nSPS) is 12.0. The Labute approximate surface area is 357 Å². The van der Waals surface area contributed by atoms with E-state index in [1.165, 1.54) is 94.7 Å². The highest BCUT2D eigenvalue weighted by Gasteiger charge is 2.31. The van der Waals surface area contributed by atoms with Crippen LogP contribution in [-0.4, -0.2) is 13.7 Å². The van der Waals surface area contributed by atoms with Gasteiger partial charge in [0.25, 0.3) is 0 Å². The number of para-hydroxylation sites is 3. The Bertz CT molecular complexity index is 3290. The molecular weight excluding hydrogens is 787 g/mol. The third-order valence-corrected chi connectivity index (χ3v) is 15.4. The van der Waals surface area contributed by atoms with Gasteiger partial charge >= 0.3 is 0 Å². The van der Waals surface area contributed by atoms with Gasteiger partial charge in [0.15, 0.2) is 0 Å². The minimum absolute atomic E-state index is 1.15. The molecule has 0 aliphatic carbocycles. The number of fused-ring (bicyclic) bond motifs is 12. The summed E-state index contributed by atoms with van der Waals surface area (Å²) in [5.74, 6) is 0. The van der Waals surface area contributed by atoms with E-state index < -0.39 is 0 Å². The molecule has 0 bridgehead atoms. The van der Waals surface area contributed by atoms with E-state index in [1.807, 2.05) is 34.0 Å². The van der Waals surface area contributed by atoms with Gasteiger partial charge in [-0.2, -0.15) is 0 Å². The summed E-state index contributed by atoms with van der Waals surface area (Å²) in [7, 11) is 0. The summed E-state index contributed by atoms with van der Waals surface area (Å²) in [6, 6.07) is 72.9. The fourth-order valence-corrected chi connectivity index (χ4v) is 12.9. The maximum Gasteiger partial charge on any atom is 0.0679 e. The number of thiophene rings is 3. The first-order chi connectivity index (χ1) is 29.8. The van der Waals surface area contributed by atoms with Crippen LogP contribution in [0.3, 0.4) is 0 Å². The van der Waals surface area contributed by atoms with Crippen molar-refractivity contribution in [3.05, 3.63) is 200 Å². The standard InChI is InChI=1S/C54H33N3S3/c1-7-19-34(20-8-1)43-31-40-52(58-43)46-49(55(40)37-25-13-4-14-26-37)47-51(57(39-29-17-6-18-30-39)42-33-45(59-53(42)47)36-23-11-3-12-24-36)48-50(46)56(38-27-15-5-16-28-38)41-32-44(60-54(41)48)35-21-9-2-10-22-35/h1-33H. The maximum absolute atomic E-state index is 2.57. The molecule has 0 radical (unpaired) electrons. The van der Waals surface area contributed by atoms with Crippen LogP contribution in [0.2, 0.25) is 0 Å². The van der Waals surface area contributed by atoms with Crippen LogP contribution < -0.4 is 0 Å². The third-order valence-electron chi connectivity index (χ3n) is 11.9. The fourth-order valence-electron chi connectivity index (χ4n) is 9.34. The first-order valence-corrected chi connectivity index (χ1v) is 22.6. The molecule has 13 rings (SSSR count). The SMILES string of the molecule is c1ccc(-c2cc3c(s2)c2c(c4c5sc(-c6ccccc6)cc5n(-c5ccccc5)c4c4c5sc(-c6ccccc6)cc5n(-c5ccccc5)c24)n3-c2ccccc2)cc1. The number of rotatable bonds is 6. The summed E-state index contributed by atoms with van der Waals surface area (Å²) in [6.07, 6.45) is 0. The van der Waals surface area contributed by atoms with Crippen molar-refractivity contribution in [2.24, 2.45) is 0 Å². The molecule has 13 aromatic rings. The third kappa shape index (κ3) is 4.93. The first kappa shape index (κ1) is 34.0. The topological polar surface area (TPSA) is 14.8 Å². The summed E-state index contributed by atoms with van der Waals surface area (Å²) in [5, 5.41) is 3.87. The van der Waals surface area contributed by atoms with Crippen LogP contribution >= 0.6 is 34.0 Å². The summed E-state index contributed by atoms with van der Waals surface area (Å²) >= 11 is 5.74. The minimum atomic E-state index is 1.15. The number of aromatic nitrogens is 3. The van der Waals surface area contributed by atoms with E-state index in [-0.39, 0.29) is 0 Å². The maximum atomic E-state index is 2.57. The molecule has 282 valence electrons. The Morgan fingerprint density at radius 3 is 0.750 bits per heavy atom. The van der Waals surface area contributed by atoms with Crippen molar-refractivity contribution in [2.45, 2.75) is 0 Å². The lowest BCUT2D eigenvalue weighted by atomic mass is 10.1. The summed E-state index contributed by atoms with van der Waals surface area (Å²) in [6.45, 7) is 0. The Kier molecular flexibility index (Phi) is 7.52. The van der Waals surface area contributed by atoms with Gasteiger partial charge in [0.2, 0.25) is 0 Å². The van der Waals surface area contributed by atoms with Gasteiger partial charge in [-0.1, -0.05) is 146 Å². The Morgan fingerprint density at radius 2 is 0.500 bits per heavy atom. The van der Waals surface area contributed by atoms with E-state index in [1.54, 1.807) is 0 Å². The molecule has 3 nitrogen and oxygen atoms in total. The van der Waals surface area contributed by atoms with Crippen LogP contribution in [0, 0.1) is 0 Å². The van der Waals surface area contributed by atoms with Gasteiger partial charge < -0.3 is 13.7 Å². The smallest absolute Gasteiger partial charge is 0.0679 e. The zero-order valence-corrected chi connectivity index (χ0v) is 34.6. The average molecular weight is 820 g/mol. The van der Waals surface area contributed by atoms with E-state index >= 15 is 0 Å². The quantitative estimate of drug-likeness (QED) is 0.159. The molecule has 0 amide bonds. The first-order valence-electron chi connectivity index (χ1n) is 20.2. The van der Waals surface area contributed by atoms with E-state index in [2.05, 4.69) is 214 Å². The zero-order valence-electron chi connectivity index (χ0n) is 32.1. The molecule has 0 aliphatic rings. The second-order valence-corrected chi connectivity index (χ2v) is 18.4. The van der Waals surface area contributed by atoms with Crippen molar-refractivity contribution in [3.63, 3.8) is 0 Å². The number of hydrogen-bond acceptors (Lipinski definition) is 3. The highest BCUT2D eigenvalue weighted by atomic mass is 32.1. The highest BCUT2D eigenvalue weighted by Crippen LogP contribution is 2.55. The van der Waals surface area contributed by atoms with Crippen molar-refractivity contribution in [3.8, 4) is 48.4 Å². The Morgan fingerprint density at radius 1 is 0.267 bits per heavy atom. The minimum Gasteiger partial charge on any atom is -0.308 e. The lowest BCUT2D eigenvalue weighted by Crippen LogP contribution is -1.98. The average Bonchev–Trinajstić information content (AvgIpc) is 4.17. The molecule has 6 heterocycles. The predicted molar refractivity (Wildman–Crippen MR) is 259 cm³/mol. The van der Waals surface area contributed by atoms with E-state index in [9.17, 15) is 0 Å². The molecule has 0 fully saturated rings. The van der Waals surface area contributed by atoms with Crippen LogP contribution in [0.1, 0.15) is 0 Å². The lowest BCUT2D eigenvalue weighted by molar-refractivity contribution is 1.17. The van der Waals surface area contributed by atoms with E-state index in [0.717, 1.165) is 17.1 Å².